The lowest BCUT2D eigenvalue weighted by molar-refractivity contribution is -0.384. The topological polar surface area (TPSA) is 78.2 Å². The van der Waals surface area contributed by atoms with Crippen molar-refractivity contribution in [2.45, 2.75) is 13.0 Å². The van der Waals surface area contributed by atoms with Crippen molar-refractivity contribution < 1.29 is 18.4 Å². The van der Waals surface area contributed by atoms with Gasteiger partial charge in [-0.3, -0.25) is 15.1 Å². The number of alkyl halides is 2. The van der Waals surface area contributed by atoms with Crippen molar-refractivity contribution in [2.24, 2.45) is 0 Å². The Labute approximate surface area is 122 Å². The molecular weight excluding hydrogens is 308 g/mol. The van der Waals surface area contributed by atoms with E-state index >= 15 is 0 Å². The summed E-state index contributed by atoms with van der Waals surface area (Å²) in [7, 11) is 0. The van der Waals surface area contributed by atoms with Crippen LogP contribution < -0.4 is 4.74 Å². The largest absolute Gasteiger partial charge is 0.486 e. The maximum absolute atomic E-state index is 12.5. The van der Waals surface area contributed by atoms with Gasteiger partial charge in [0.1, 0.15) is 18.1 Å². The summed E-state index contributed by atoms with van der Waals surface area (Å²) >= 11 is 5.84. The Morgan fingerprint density at radius 2 is 2.14 bits per heavy atom. The summed E-state index contributed by atoms with van der Waals surface area (Å²) in [5.74, 6) is 0.187. The summed E-state index contributed by atoms with van der Waals surface area (Å²) in [4.78, 5) is 17.3. The monoisotopic (exact) mass is 315 g/mol. The number of nitro benzene ring substituents is 1. The fraction of sp³-hybridized carbons (Fsp3) is 0.167. The van der Waals surface area contributed by atoms with Crippen molar-refractivity contribution in [3.8, 4) is 5.75 Å². The molecule has 2 aromatic rings. The molecule has 0 atom stereocenters. The first-order valence-corrected chi connectivity index (χ1v) is 6.01. The van der Waals surface area contributed by atoms with Crippen LogP contribution in [-0.4, -0.2) is 14.9 Å². The molecule has 0 aliphatic rings. The van der Waals surface area contributed by atoms with Crippen molar-refractivity contribution >= 4 is 17.3 Å². The third kappa shape index (κ3) is 3.82. The Bertz CT molecular complexity index is 670. The summed E-state index contributed by atoms with van der Waals surface area (Å²) in [5.41, 5.74) is -0.431. The number of ether oxygens (including phenoxy) is 1. The molecule has 1 aromatic carbocycles. The van der Waals surface area contributed by atoms with E-state index in [1.54, 1.807) is 0 Å². The highest BCUT2D eigenvalue weighted by atomic mass is 35.5. The van der Waals surface area contributed by atoms with E-state index in [0.29, 0.717) is 0 Å². The van der Waals surface area contributed by atoms with E-state index in [2.05, 4.69) is 9.97 Å². The van der Waals surface area contributed by atoms with Crippen LogP contribution in [0.5, 0.6) is 5.75 Å². The molecule has 2 rings (SSSR count). The van der Waals surface area contributed by atoms with Gasteiger partial charge in [-0.2, -0.15) is 0 Å². The zero-order valence-corrected chi connectivity index (χ0v) is 11.1. The number of aromatic nitrogens is 2. The van der Waals surface area contributed by atoms with Gasteiger partial charge in [-0.05, 0) is 6.07 Å². The van der Waals surface area contributed by atoms with Crippen LogP contribution in [0.3, 0.4) is 0 Å². The van der Waals surface area contributed by atoms with Gasteiger partial charge in [-0.1, -0.05) is 11.6 Å². The van der Waals surface area contributed by atoms with E-state index in [1.807, 2.05) is 0 Å². The molecule has 0 aliphatic carbocycles. The van der Waals surface area contributed by atoms with Gasteiger partial charge in [0, 0.05) is 12.1 Å². The summed E-state index contributed by atoms with van der Waals surface area (Å²) in [6.45, 7) is -0.134. The summed E-state index contributed by atoms with van der Waals surface area (Å²) < 4.78 is 30.2. The summed E-state index contributed by atoms with van der Waals surface area (Å²) in [6, 6.07) is 3.69. The maximum atomic E-state index is 12.5. The highest BCUT2D eigenvalue weighted by Crippen LogP contribution is 2.29. The van der Waals surface area contributed by atoms with Crippen molar-refractivity contribution in [1.29, 1.82) is 0 Å². The number of non-ortho nitro benzene ring substituents is 1. The number of benzene rings is 1. The number of nitro groups is 1. The molecule has 0 fully saturated rings. The van der Waals surface area contributed by atoms with Gasteiger partial charge in [0.15, 0.2) is 0 Å². The lowest BCUT2D eigenvalue weighted by atomic mass is 10.3. The predicted octanol–water partition coefficient (Wildman–Crippen LogP) is 3.55. The molecular formula is C12H8ClF2N3O3. The van der Waals surface area contributed by atoms with E-state index in [-0.39, 0.29) is 28.8 Å². The molecule has 6 nitrogen and oxygen atoms in total. The minimum absolute atomic E-state index is 0.0437. The third-order valence-corrected chi connectivity index (χ3v) is 2.72. The second kappa shape index (κ2) is 6.40. The Morgan fingerprint density at radius 1 is 1.38 bits per heavy atom. The zero-order chi connectivity index (χ0) is 15.4. The Hall–Kier alpha value is -2.35. The minimum Gasteiger partial charge on any atom is -0.486 e. The van der Waals surface area contributed by atoms with Crippen LogP contribution in [0.25, 0.3) is 0 Å². The van der Waals surface area contributed by atoms with Crippen molar-refractivity contribution in [1.82, 2.24) is 9.97 Å². The van der Waals surface area contributed by atoms with Crippen LogP contribution in [0.1, 0.15) is 17.8 Å². The van der Waals surface area contributed by atoms with Crippen LogP contribution >= 0.6 is 11.6 Å². The predicted molar refractivity (Wildman–Crippen MR) is 69.4 cm³/mol. The maximum Gasteiger partial charge on any atom is 0.281 e. The van der Waals surface area contributed by atoms with E-state index in [0.717, 1.165) is 12.3 Å². The SMILES string of the molecule is O=[N+]([O-])c1ccc(OCc2cncc(C(F)F)n2)c(Cl)c1. The molecule has 21 heavy (non-hydrogen) atoms. The number of hydrogen-bond acceptors (Lipinski definition) is 5. The van der Waals surface area contributed by atoms with E-state index in [1.165, 1.54) is 18.3 Å². The smallest absolute Gasteiger partial charge is 0.281 e. The number of nitrogens with zero attached hydrogens (tertiary/aromatic N) is 3. The fourth-order valence-electron chi connectivity index (χ4n) is 1.47. The first-order chi connectivity index (χ1) is 9.97. The van der Waals surface area contributed by atoms with Gasteiger partial charge < -0.3 is 4.74 Å². The molecule has 0 radical (unpaired) electrons. The molecule has 0 saturated carbocycles. The zero-order valence-electron chi connectivity index (χ0n) is 10.4. The standard InChI is InChI=1S/C12H8ClF2N3O3/c13-9-3-8(18(19)20)1-2-11(9)21-6-7-4-16-5-10(17-7)12(14)15/h1-5,12H,6H2. The Morgan fingerprint density at radius 3 is 2.76 bits per heavy atom. The van der Waals surface area contributed by atoms with Crippen LogP contribution in [0.2, 0.25) is 5.02 Å². The van der Waals surface area contributed by atoms with Crippen LogP contribution in [0, 0.1) is 10.1 Å². The van der Waals surface area contributed by atoms with Gasteiger partial charge >= 0.3 is 0 Å². The van der Waals surface area contributed by atoms with Gasteiger partial charge in [0.05, 0.1) is 28.0 Å². The van der Waals surface area contributed by atoms with Crippen LogP contribution in [-0.2, 0) is 6.61 Å². The van der Waals surface area contributed by atoms with Crippen molar-refractivity contribution in [3.63, 3.8) is 0 Å². The van der Waals surface area contributed by atoms with E-state index < -0.39 is 17.0 Å². The number of halogens is 3. The molecule has 0 spiro atoms. The average Bonchev–Trinajstić information content (AvgIpc) is 2.46. The van der Waals surface area contributed by atoms with E-state index in [9.17, 15) is 18.9 Å². The summed E-state index contributed by atoms with van der Waals surface area (Å²) in [6.07, 6.45) is -0.474. The first-order valence-electron chi connectivity index (χ1n) is 5.63. The molecule has 0 bridgehead atoms. The lowest BCUT2D eigenvalue weighted by Crippen LogP contribution is -2.02. The quantitative estimate of drug-likeness (QED) is 0.622. The molecule has 9 heteroatoms. The average molecular weight is 316 g/mol. The number of rotatable bonds is 5. The first kappa shape index (κ1) is 15.0. The van der Waals surface area contributed by atoms with E-state index in [4.69, 9.17) is 16.3 Å². The number of hydrogen-bond donors (Lipinski definition) is 0. The third-order valence-electron chi connectivity index (χ3n) is 2.43. The molecule has 1 heterocycles. The lowest BCUT2D eigenvalue weighted by Gasteiger charge is -2.08. The molecule has 1 aromatic heterocycles. The van der Waals surface area contributed by atoms with Gasteiger partial charge in [0.25, 0.3) is 12.1 Å². The van der Waals surface area contributed by atoms with Crippen molar-refractivity contribution in [2.75, 3.05) is 0 Å². The molecule has 0 aliphatic heterocycles. The Balaban J connectivity index is 2.09. The molecule has 0 unspecified atom stereocenters. The highest BCUT2D eigenvalue weighted by Gasteiger charge is 2.12. The molecule has 0 amide bonds. The second-order valence-electron chi connectivity index (χ2n) is 3.90. The molecule has 110 valence electrons. The van der Waals surface area contributed by atoms with Crippen LogP contribution in [0.15, 0.2) is 30.6 Å². The Kier molecular flexibility index (Phi) is 4.59. The van der Waals surface area contributed by atoms with Crippen LogP contribution in [0.4, 0.5) is 14.5 Å². The van der Waals surface area contributed by atoms with Gasteiger partial charge in [-0.15, -0.1) is 0 Å². The van der Waals surface area contributed by atoms with Gasteiger partial charge in [-0.25, -0.2) is 13.8 Å². The second-order valence-corrected chi connectivity index (χ2v) is 4.30. The minimum atomic E-state index is -2.72. The fourth-order valence-corrected chi connectivity index (χ4v) is 1.70. The molecule has 0 saturated heterocycles. The van der Waals surface area contributed by atoms with Gasteiger partial charge in [0.2, 0.25) is 0 Å². The van der Waals surface area contributed by atoms with Crippen molar-refractivity contribution in [3.05, 3.63) is 57.1 Å². The molecule has 0 N–H and O–H groups in total. The highest BCUT2D eigenvalue weighted by molar-refractivity contribution is 6.32. The normalized spacial score (nSPS) is 10.7. The summed E-state index contributed by atoms with van der Waals surface area (Å²) in [5, 5.41) is 10.6.